The zero-order chi connectivity index (χ0) is 79.7. The maximum absolute atomic E-state index is 12.2. The first kappa shape index (κ1) is 111. The molecule has 114 heavy (non-hydrogen) atoms. The van der Waals surface area contributed by atoms with Crippen molar-refractivity contribution in [1.29, 1.82) is 5.26 Å². The molecule has 6 aliphatic heterocycles. The number of carbonyl (C=O) groups excluding carboxylic acids is 5. The van der Waals surface area contributed by atoms with E-state index in [1.165, 1.54) is 33.0 Å². The predicted molar refractivity (Wildman–Crippen MR) is 445 cm³/mol. The Kier molecular flexibility index (Phi) is 67.3. The summed E-state index contributed by atoms with van der Waals surface area (Å²) in [6, 6.07) is 35.3. The SMILES string of the molecule is CCOC(=O)Cl.CCOC(=O)N1CCC(C(=O)c2ccccn2)CC1.CN1CCC(C(=O)c2ccccn2)CC1.CN1CC[CH-]CC1.CO/N=C(/c1ccccn1)C1CCNCC1.CON.CON=C(c1ccccn1)C1CCNCC1.Cl.Cl.Cl.N#Cc1ccccn1.O=C(c1ccccn1)C1CCNCC1.O=S(=O)(O)O.[Cl-].[Mg+2]. The van der Waals surface area contributed by atoms with Crippen LogP contribution in [-0.4, -0.2) is 253 Å². The summed E-state index contributed by atoms with van der Waals surface area (Å²) in [5.74, 6) is 6.05. The van der Waals surface area contributed by atoms with Crippen molar-refractivity contribution >= 4 is 123 Å². The number of nitrogens with one attached hydrogen (secondary N) is 3. The van der Waals surface area contributed by atoms with E-state index >= 15 is 0 Å². The Balaban J connectivity index is -0.00000123. The third-order valence-corrected chi connectivity index (χ3v) is 17.2. The van der Waals surface area contributed by atoms with Gasteiger partial charge in [-0.05, 0) is 230 Å². The van der Waals surface area contributed by atoms with Crippen LogP contribution >= 0.6 is 48.8 Å². The fourth-order valence-corrected chi connectivity index (χ4v) is 11.7. The molecular weight excluding hydrogens is 1610 g/mol. The van der Waals surface area contributed by atoms with Gasteiger partial charge in [0.25, 0.3) is 0 Å². The third kappa shape index (κ3) is 49.7. The van der Waals surface area contributed by atoms with Crippen LogP contribution in [0.4, 0.5) is 9.59 Å². The van der Waals surface area contributed by atoms with Crippen LogP contribution in [0.2, 0.25) is 0 Å². The van der Waals surface area contributed by atoms with Gasteiger partial charge in [0.15, 0.2) is 17.3 Å². The molecule has 6 aromatic rings. The Labute approximate surface area is 718 Å². The van der Waals surface area contributed by atoms with Crippen molar-refractivity contribution in [3.8, 4) is 6.07 Å². The molecule has 6 fully saturated rings. The number of Topliss-reactive ketones (excluding diaryl/α,β-unsaturated/α-hetero) is 3. The van der Waals surface area contributed by atoms with Gasteiger partial charge in [0.2, 0.25) is 0 Å². The molecule has 0 aliphatic carbocycles. The second-order valence-corrected chi connectivity index (χ2v) is 26.2. The number of ketones is 3. The fraction of sp³-hybridized carbons (Fsp3) is 0.494. The van der Waals surface area contributed by atoms with E-state index in [0.717, 1.165) is 127 Å². The van der Waals surface area contributed by atoms with Crippen molar-refractivity contribution in [1.82, 2.24) is 60.6 Å². The maximum Gasteiger partial charge on any atom is 2.00 e. The number of hydrogen-bond acceptors (Lipinski definition) is 27. The average Bonchev–Trinajstić information content (AvgIpc) is 0.591. The van der Waals surface area contributed by atoms with E-state index < -0.39 is 15.8 Å². The van der Waals surface area contributed by atoms with E-state index in [2.05, 4.69) is 102 Å². The molecule has 6 saturated heterocycles. The molecule has 0 bridgehead atoms. The molecule has 6 aliphatic rings. The molecule has 0 saturated carbocycles. The number of piperidine rings is 6. The molecule has 30 nitrogen and oxygen atoms in total. The smallest absolute Gasteiger partial charge is 1.00 e. The number of nitrogens with two attached hydrogens (primary N) is 1. The summed E-state index contributed by atoms with van der Waals surface area (Å²) in [7, 11) is 4.18. The summed E-state index contributed by atoms with van der Waals surface area (Å²) >= 11 is 4.72. The summed E-state index contributed by atoms with van der Waals surface area (Å²) in [5, 5.41) is 26.5. The van der Waals surface area contributed by atoms with Crippen LogP contribution in [0.25, 0.3) is 0 Å². The molecular formula is C77H113Cl5MgN16O14S. The molecule has 0 unspecified atom stereocenters. The number of ether oxygens (including phenoxy) is 2. The van der Waals surface area contributed by atoms with Gasteiger partial charge in [0, 0.05) is 91.5 Å². The molecule has 37 heteroatoms. The summed E-state index contributed by atoms with van der Waals surface area (Å²) in [5.41, 5.74) is 5.27. The molecule has 6 aromatic heterocycles. The number of pyridine rings is 6. The first-order chi connectivity index (χ1) is 52.7. The van der Waals surface area contributed by atoms with Crippen molar-refractivity contribution in [2.45, 2.75) is 90.9 Å². The normalized spacial score (nSPS) is 15.8. The molecule has 0 spiro atoms. The van der Waals surface area contributed by atoms with Crippen LogP contribution in [0.1, 0.15) is 139 Å². The van der Waals surface area contributed by atoms with Gasteiger partial charge in [-0.15, -0.1) is 37.2 Å². The van der Waals surface area contributed by atoms with Gasteiger partial charge in [-0.2, -0.15) is 26.5 Å². The minimum atomic E-state index is -4.67. The first-order valence-electron chi connectivity index (χ1n) is 36.4. The zero-order valence-electron chi connectivity index (χ0n) is 66.0. The van der Waals surface area contributed by atoms with Gasteiger partial charge in [-0.1, -0.05) is 46.7 Å². The Morgan fingerprint density at radius 3 is 1.04 bits per heavy atom. The number of nitriles is 1. The van der Waals surface area contributed by atoms with E-state index in [1.54, 1.807) is 113 Å². The summed E-state index contributed by atoms with van der Waals surface area (Å²) in [6.45, 7) is 16.0. The molecule has 12 rings (SSSR count). The van der Waals surface area contributed by atoms with Gasteiger partial charge in [0.05, 0.1) is 31.7 Å². The van der Waals surface area contributed by atoms with Gasteiger partial charge in [-0.25, -0.2) is 20.5 Å². The molecule has 7 N–H and O–H groups in total. The summed E-state index contributed by atoms with van der Waals surface area (Å²) in [4.78, 5) is 102. The van der Waals surface area contributed by atoms with Crippen LogP contribution in [-0.2, 0) is 34.4 Å². The number of amides is 1. The molecule has 1 amide bonds. The third-order valence-electron chi connectivity index (χ3n) is 17.1. The Morgan fingerprint density at radius 1 is 0.509 bits per heavy atom. The van der Waals surface area contributed by atoms with Gasteiger partial charge in [-0.3, -0.25) is 48.4 Å². The molecule has 0 aromatic carbocycles. The summed E-state index contributed by atoms with van der Waals surface area (Å²) in [6.07, 6.45) is 24.4. The van der Waals surface area contributed by atoms with E-state index in [9.17, 15) is 24.0 Å². The minimum Gasteiger partial charge on any atom is -1.00 e. The second-order valence-electron chi connectivity index (χ2n) is 24.9. The van der Waals surface area contributed by atoms with Gasteiger partial charge >= 0.3 is 45.0 Å². The number of aromatic nitrogens is 6. The summed E-state index contributed by atoms with van der Waals surface area (Å²) < 4.78 is 40.7. The average molecular weight is 1720 g/mol. The van der Waals surface area contributed by atoms with Crippen LogP contribution in [0.3, 0.4) is 0 Å². The molecule has 0 atom stereocenters. The van der Waals surface area contributed by atoms with Crippen LogP contribution < -0.4 is 34.3 Å². The van der Waals surface area contributed by atoms with E-state index in [4.69, 9.17) is 48.8 Å². The van der Waals surface area contributed by atoms with E-state index in [0.29, 0.717) is 73.8 Å². The van der Waals surface area contributed by atoms with Crippen molar-refractivity contribution in [2.75, 3.05) is 127 Å². The molecule has 0 radical (unpaired) electrons. The molecule has 12 heterocycles. The van der Waals surface area contributed by atoms with Crippen LogP contribution in [0.5, 0.6) is 0 Å². The number of likely N-dealkylation sites (tertiary alicyclic amines) is 3. The molecule has 628 valence electrons. The zero-order valence-corrected chi connectivity index (χ0v) is 72.2. The van der Waals surface area contributed by atoms with Crippen LogP contribution in [0, 0.1) is 47.3 Å². The van der Waals surface area contributed by atoms with Gasteiger partial charge in [0.1, 0.15) is 54.5 Å². The number of oxime groups is 2. The van der Waals surface area contributed by atoms with Crippen LogP contribution in [0.15, 0.2) is 157 Å². The maximum atomic E-state index is 12.2. The number of halogens is 5. The minimum absolute atomic E-state index is 0. The van der Waals surface area contributed by atoms with Crippen molar-refractivity contribution in [3.05, 3.63) is 187 Å². The van der Waals surface area contributed by atoms with Crippen molar-refractivity contribution in [3.63, 3.8) is 0 Å². The number of carbonyl (C=O) groups is 5. The Morgan fingerprint density at radius 2 is 0.798 bits per heavy atom. The quantitative estimate of drug-likeness (QED) is 0.0115. The number of nitrogens with zero attached hydrogens (tertiary/aromatic N) is 12. The predicted octanol–water partition coefficient (Wildman–Crippen LogP) is 7.86. The van der Waals surface area contributed by atoms with E-state index in [-0.39, 0.29) is 114 Å². The fourth-order valence-electron chi connectivity index (χ4n) is 11.5. The van der Waals surface area contributed by atoms with Crippen molar-refractivity contribution < 1.29 is 77.9 Å². The van der Waals surface area contributed by atoms with E-state index in [1.807, 2.05) is 72.8 Å². The second kappa shape index (κ2) is 69.0. The number of rotatable bonds is 14. The van der Waals surface area contributed by atoms with Crippen molar-refractivity contribution in [2.24, 2.45) is 45.8 Å². The first-order valence-corrected chi connectivity index (χ1v) is 38.2. The Hall–Kier alpha value is -7.11. The van der Waals surface area contributed by atoms with Gasteiger partial charge < -0.3 is 73.5 Å². The topological polar surface area (TPSA) is 404 Å². The largest absolute Gasteiger partial charge is 2.00 e. The number of hydrogen-bond donors (Lipinski definition) is 6. The Bertz CT molecular complexity index is 3580. The standard InChI is InChI=1S/C14H18N2O3.2C12H17N3O.C12H16N2O.C11H14N2O.C6H4N2.C6H12N.C3H5ClO2.CH5NO.4ClH.Mg.H2O4S/c1-2-19-14(18)16-9-6-11(7-10-16)13(17)12-5-3-4-8-15-12;2*1-16-15-12(10-5-8-13-9-6-10)11-4-2-3-7-14-11;1-14-8-5-10(6-9-14)12(15)11-4-2-3-7-13-11;14-11(9-4-7-12-8-5-9)10-3-1-2-6-13-10;7-5-6-3-1-2-4-8-6;1-7-5-3-2-4-6-7;1-2-6-3(4)5;1-3-2;;;;;;1-5(2,3)4/h3-5,8,11H,2,6-7,9-10H2,1H3;2*2-4,7,10,13H,5-6,8-9H2,1H3;2-4,7,10H,5-6,8-9H2,1H3;1-3,6,9,12H,4-5,7-8H2;1-4H;2H,3-6H2,1H3;2H2,1H3;2H2,1H3;4*1H;;(H2,1,2,3,4)/q;;;;;;-1;;;;;;;+2;/p-1/b;15-12+;;;;;;;;;;;;;. The monoisotopic (exact) mass is 1720 g/mol.